The molecule has 0 radical (unpaired) electrons. The Labute approximate surface area is 119 Å². The molecule has 0 aliphatic rings. The minimum absolute atomic E-state index is 0. The van der Waals surface area contributed by atoms with Crippen LogP contribution in [-0.4, -0.2) is 44.7 Å². The van der Waals surface area contributed by atoms with E-state index >= 15 is 0 Å². The third-order valence-corrected chi connectivity index (χ3v) is 0. The van der Waals surface area contributed by atoms with Crippen molar-refractivity contribution in [1.29, 1.82) is 0 Å². The van der Waals surface area contributed by atoms with Gasteiger partial charge in [-0.3, -0.25) is 0 Å². The van der Waals surface area contributed by atoms with Gasteiger partial charge >= 0.3 is 56.9 Å². The topological polar surface area (TPSA) is 193 Å². The van der Waals surface area contributed by atoms with Crippen LogP contribution in [-0.2, 0) is 0 Å². The molecular weight excluding hydrogens is 412 g/mol. The third-order valence-electron chi connectivity index (χ3n) is 0. The maximum Gasteiger partial charge on any atom is 4.00 e. The molecule has 14 heavy (non-hydrogen) atoms. The van der Waals surface area contributed by atoms with Crippen molar-refractivity contribution in [2.75, 3.05) is 0 Å². The molecule has 0 rings (SSSR count). The Morgan fingerprint density at radius 1 is 0.857 bits per heavy atom. The van der Waals surface area contributed by atoms with Crippen molar-refractivity contribution in [3.05, 3.63) is 15.3 Å². The smallest absolute Gasteiger partial charge is 0.652 e. The van der Waals surface area contributed by atoms with Gasteiger partial charge in [-0.1, -0.05) is 0 Å². The number of hydrogen-bond acceptors (Lipinski definition) is 9. The zero-order valence-electron chi connectivity index (χ0n) is 6.62. The van der Waals surface area contributed by atoms with Gasteiger partial charge in [-0.25, -0.2) is 0 Å². The van der Waals surface area contributed by atoms with E-state index < -0.39 is 17.4 Å². The number of hydrogen-bond donors (Lipinski definition) is 0. The molecule has 0 atom stereocenters. The first-order valence-corrected chi connectivity index (χ1v) is 1.77. The van der Waals surface area contributed by atoms with Crippen molar-refractivity contribution < 1.29 is 64.7 Å². The Morgan fingerprint density at radius 3 is 0.857 bits per heavy atom. The normalized spacial score (nSPS) is 5.14. The molecule has 0 saturated carbocycles. The molecule has 0 unspecified atom stereocenters. The number of nitrogens with zero attached hydrogens (tertiary/aromatic N) is 1. The van der Waals surface area contributed by atoms with E-state index in [2.05, 4.69) is 0 Å². The van der Waals surface area contributed by atoms with Gasteiger partial charge in [0.2, 0.25) is 0 Å². The van der Waals surface area contributed by atoms with E-state index in [0.29, 0.717) is 0 Å². The summed E-state index contributed by atoms with van der Waals surface area (Å²) in [7, 11) is 0. The van der Waals surface area contributed by atoms with Crippen LogP contribution in [0.25, 0.3) is 0 Å². The molecule has 0 spiro atoms. The van der Waals surface area contributed by atoms with Crippen LogP contribution < -0.4 is 50.0 Å². The number of rotatable bonds is 0. The molecule has 0 aliphatic carbocycles. The van der Waals surface area contributed by atoms with E-state index in [1.165, 1.54) is 0 Å². The Bertz CT molecular complexity index is 120. The van der Waals surface area contributed by atoms with Crippen molar-refractivity contribution in [3.63, 3.8) is 0 Å². The second-order valence-corrected chi connectivity index (χ2v) is 0.724. The average Bonchev–Trinajstić information content (AvgIpc) is 1.54. The molecule has 0 aromatic heterocycles. The maximum absolute atomic E-state index is 8.33. The van der Waals surface area contributed by atoms with Crippen molar-refractivity contribution in [1.82, 2.24) is 0 Å². The van der Waals surface area contributed by atoms with Crippen molar-refractivity contribution in [3.8, 4) is 0 Å². The molecule has 0 amide bonds. The summed E-state index contributed by atoms with van der Waals surface area (Å²) in [6.45, 7) is 0. The third kappa shape index (κ3) is 11600. The van der Waals surface area contributed by atoms with Crippen molar-refractivity contribution >= 4 is 39.6 Å². The predicted molar refractivity (Wildman–Crippen MR) is 26.9 cm³/mol. The minimum atomic E-state index is -2.33. The first-order valence-electron chi connectivity index (χ1n) is 1.77. The second-order valence-electron chi connectivity index (χ2n) is 0.724. The number of carbonyl (C=O) groups is 2. The summed E-state index contributed by atoms with van der Waals surface area (Å²) < 4.78 is 0. The molecule has 0 bridgehead atoms. The second kappa shape index (κ2) is 23.0. The average molecular weight is 412 g/mol. The Morgan fingerprint density at radius 2 is 0.857 bits per heavy atom. The molecule has 10 nitrogen and oxygen atoms in total. The summed E-state index contributed by atoms with van der Waals surface area (Å²) in [4.78, 5) is 24.9. The first kappa shape index (κ1) is 29.2. The van der Waals surface area contributed by atoms with E-state index in [4.69, 9.17) is 45.3 Å². The summed E-state index contributed by atoms with van der Waals surface area (Å²) in [5.41, 5.74) is 0. The summed E-state index contributed by atoms with van der Waals surface area (Å²) >= 11 is 0. The quantitative estimate of drug-likeness (QED) is 0.211. The molecule has 0 heterocycles. The Kier molecular flexibility index (Phi) is 47.9. The molecule has 72 valence electrons. The van der Waals surface area contributed by atoms with Gasteiger partial charge in [0.25, 0.3) is 0 Å². The Balaban J connectivity index is -0.0000000270. The first-order chi connectivity index (χ1) is 5.20. The SMILES string of the molecule is O=C([O-])[O-].O=C([O-])[O-].O=[N+]([O-])[O-].[Na+].[Pb+4]. The van der Waals surface area contributed by atoms with Crippen LogP contribution in [0.15, 0.2) is 0 Å². The predicted octanol–water partition coefficient (Wildman–Crippen LogP) is -8.51. The van der Waals surface area contributed by atoms with Crippen LogP contribution in [0.3, 0.4) is 0 Å². The summed E-state index contributed by atoms with van der Waals surface area (Å²) in [6, 6.07) is 0. The minimum Gasteiger partial charge on any atom is -0.652 e. The van der Waals surface area contributed by atoms with Crippen molar-refractivity contribution in [2.24, 2.45) is 0 Å². The molecule has 0 aliphatic heterocycles. The van der Waals surface area contributed by atoms with Gasteiger partial charge in [-0.2, -0.15) is 0 Å². The van der Waals surface area contributed by atoms with E-state index in [1.54, 1.807) is 0 Å². The van der Waals surface area contributed by atoms with E-state index in [9.17, 15) is 0 Å². The van der Waals surface area contributed by atoms with Gasteiger partial charge in [0.1, 0.15) is 0 Å². The van der Waals surface area contributed by atoms with E-state index in [-0.39, 0.29) is 56.9 Å². The summed E-state index contributed by atoms with van der Waals surface area (Å²) in [5.74, 6) is 0. The number of carboxylic acid groups (broad SMARTS) is 4. The Hall–Kier alpha value is -0.338. The molecule has 0 fully saturated rings. The van der Waals surface area contributed by atoms with Gasteiger partial charge in [-0.05, 0) is 12.3 Å². The fraction of sp³-hybridized carbons (Fsp3) is 0. The van der Waals surface area contributed by atoms with Gasteiger partial charge in [0, 0.05) is 0 Å². The molecule has 12 heteroatoms. The number of carbonyl (C=O) groups excluding carboxylic acids is 2. The monoisotopic (exact) mass is 413 g/mol. The van der Waals surface area contributed by atoms with Gasteiger partial charge in [-0.15, -0.1) is 0 Å². The van der Waals surface area contributed by atoms with Crippen LogP contribution in [0.1, 0.15) is 0 Å². The van der Waals surface area contributed by atoms with E-state index in [1.807, 2.05) is 0 Å². The molecule has 0 N–H and O–H groups in total. The van der Waals surface area contributed by atoms with Crippen LogP contribution in [0.2, 0.25) is 0 Å². The zero-order valence-corrected chi connectivity index (χ0v) is 12.5. The maximum atomic E-state index is 8.33. The van der Waals surface area contributed by atoms with E-state index in [0.717, 1.165) is 0 Å². The standard InChI is InChI=1S/2CH2O3.NO3.Na.Pb/c3*2-1(3)4;;/h2*(H2,2,3,4);;;/q;;-1;+1;+4/p-4. The molecular formula is C2NNaO9Pb. The van der Waals surface area contributed by atoms with Gasteiger partial charge in [0.15, 0.2) is 0 Å². The fourth-order valence-electron chi connectivity index (χ4n) is 0. The largest absolute Gasteiger partial charge is 4.00 e. The summed E-state index contributed by atoms with van der Waals surface area (Å²) in [5, 5.41) is 48.1. The van der Waals surface area contributed by atoms with Crippen molar-refractivity contribution in [2.45, 2.75) is 0 Å². The van der Waals surface area contributed by atoms with Crippen LogP contribution in [0.5, 0.6) is 0 Å². The molecule has 0 aromatic rings. The zero-order chi connectivity index (χ0) is 10.7. The van der Waals surface area contributed by atoms with Crippen LogP contribution in [0, 0.1) is 15.3 Å². The fourth-order valence-corrected chi connectivity index (χ4v) is 0. The van der Waals surface area contributed by atoms with Crippen LogP contribution in [0.4, 0.5) is 9.59 Å². The van der Waals surface area contributed by atoms with Gasteiger partial charge < -0.3 is 45.3 Å². The molecule has 0 saturated heterocycles. The summed E-state index contributed by atoms with van der Waals surface area (Å²) in [6.07, 6.45) is -4.67. The molecule has 0 aromatic carbocycles. The van der Waals surface area contributed by atoms with Crippen LogP contribution >= 0.6 is 0 Å². The van der Waals surface area contributed by atoms with Gasteiger partial charge in [0.05, 0.1) is 5.09 Å².